The van der Waals surface area contributed by atoms with Crippen molar-refractivity contribution in [1.82, 2.24) is 0 Å². The van der Waals surface area contributed by atoms with Crippen LogP contribution in [0.1, 0.15) is 156 Å². The normalized spacial score (nSPS) is 17.1. The lowest BCUT2D eigenvalue weighted by Gasteiger charge is -2.45. The van der Waals surface area contributed by atoms with Crippen LogP contribution in [0.3, 0.4) is 0 Å². The second-order valence-corrected chi connectivity index (χ2v) is 29.0. The summed E-state index contributed by atoms with van der Waals surface area (Å²) in [5.74, 6) is 0. The van der Waals surface area contributed by atoms with Gasteiger partial charge in [0.2, 0.25) is 0 Å². The number of rotatable bonds is 6. The van der Waals surface area contributed by atoms with Crippen LogP contribution >= 0.6 is 0 Å². The van der Waals surface area contributed by atoms with Gasteiger partial charge in [0.05, 0.1) is 11.4 Å². The Morgan fingerprint density at radius 1 is 0.309 bits per heavy atom. The molecule has 0 atom stereocenters. The molecule has 4 aliphatic rings. The summed E-state index contributed by atoms with van der Waals surface area (Å²) in [6.45, 7) is 33.5. The molecule has 9 aromatic rings. The van der Waals surface area contributed by atoms with E-state index in [1.165, 1.54) is 154 Å². The molecular formula is C78H81BN2. The first kappa shape index (κ1) is 53.0. The molecule has 0 saturated heterocycles. The van der Waals surface area contributed by atoms with E-state index in [1.807, 2.05) is 0 Å². The van der Waals surface area contributed by atoms with Gasteiger partial charge in [-0.2, -0.15) is 0 Å². The zero-order chi connectivity index (χ0) is 56.8. The molecular weight excluding hydrogens is 976 g/mol. The Morgan fingerprint density at radius 3 is 1.02 bits per heavy atom. The Balaban J connectivity index is 1.10. The van der Waals surface area contributed by atoms with Crippen molar-refractivity contribution in [2.75, 3.05) is 9.80 Å². The molecule has 0 aromatic heterocycles. The predicted molar refractivity (Wildman–Crippen MR) is 350 cm³/mol. The van der Waals surface area contributed by atoms with Gasteiger partial charge >= 0.3 is 0 Å². The molecule has 9 aromatic carbocycles. The molecule has 406 valence electrons. The van der Waals surface area contributed by atoms with Crippen LogP contribution in [0.2, 0.25) is 0 Å². The van der Waals surface area contributed by atoms with E-state index in [0.29, 0.717) is 0 Å². The van der Waals surface area contributed by atoms with Gasteiger partial charge in [0.1, 0.15) is 0 Å². The lowest BCUT2D eigenvalue weighted by atomic mass is 9.33. The fourth-order valence-electron chi connectivity index (χ4n) is 14.9. The van der Waals surface area contributed by atoms with Crippen LogP contribution < -0.4 is 26.2 Å². The second kappa shape index (κ2) is 18.6. The number of hydrogen-bond donors (Lipinski definition) is 0. The van der Waals surface area contributed by atoms with Crippen molar-refractivity contribution >= 4 is 57.2 Å². The van der Waals surface area contributed by atoms with Crippen LogP contribution in [-0.2, 0) is 32.5 Å². The van der Waals surface area contributed by atoms with E-state index in [0.717, 1.165) is 0 Å². The van der Waals surface area contributed by atoms with E-state index in [9.17, 15) is 0 Å². The van der Waals surface area contributed by atoms with Crippen LogP contribution in [0.4, 0.5) is 34.1 Å². The van der Waals surface area contributed by atoms with Crippen LogP contribution in [0, 0.1) is 0 Å². The summed E-state index contributed by atoms with van der Waals surface area (Å²) < 4.78 is 0. The molecule has 0 unspecified atom stereocenters. The molecule has 2 nitrogen and oxygen atoms in total. The van der Waals surface area contributed by atoms with Gasteiger partial charge in [-0.1, -0.05) is 249 Å². The molecule has 0 fully saturated rings. The van der Waals surface area contributed by atoms with Crippen molar-refractivity contribution in [3.8, 4) is 44.5 Å². The topological polar surface area (TPSA) is 6.48 Å². The molecule has 2 aliphatic heterocycles. The summed E-state index contributed by atoms with van der Waals surface area (Å²) in [6, 6.07) is 73.5. The van der Waals surface area contributed by atoms with Crippen molar-refractivity contribution in [3.63, 3.8) is 0 Å². The van der Waals surface area contributed by atoms with Crippen molar-refractivity contribution in [2.45, 2.75) is 155 Å². The Morgan fingerprint density at radius 2 is 0.630 bits per heavy atom. The highest BCUT2D eigenvalue weighted by molar-refractivity contribution is 7.00. The molecule has 81 heavy (non-hydrogen) atoms. The molecule has 0 spiro atoms. The van der Waals surface area contributed by atoms with E-state index < -0.39 is 0 Å². The molecule has 2 heterocycles. The Kier molecular flexibility index (Phi) is 12.2. The number of nitrogens with zero attached hydrogens (tertiary/aromatic N) is 2. The first-order valence-electron chi connectivity index (χ1n) is 30.1. The van der Waals surface area contributed by atoms with Crippen LogP contribution in [0.5, 0.6) is 0 Å². The average Bonchev–Trinajstić information content (AvgIpc) is 3.64. The maximum absolute atomic E-state index is 2.65. The first-order chi connectivity index (χ1) is 38.4. The predicted octanol–water partition coefficient (Wildman–Crippen LogP) is 19.7. The van der Waals surface area contributed by atoms with Crippen LogP contribution in [-0.4, -0.2) is 6.71 Å². The third-order valence-electron chi connectivity index (χ3n) is 19.7. The largest absolute Gasteiger partial charge is 0.311 e. The van der Waals surface area contributed by atoms with E-state index in [-0.39, 0.29) is 39.2 Å². The van der Waals surface area contributed by atoms with Crippen molar-refractivity contribution in [1.29, 1.82) is 0 Å². The molecule has 0 bridgehead atoms. The van der Waals surface area contributed by atoms with Crippen molar-refractivity contribution < 1.29 is 0 Å². The summed E-state index contributed by atoms with van der Waals surface area (Å²) in [5.41, 5.74) is 30.1. The van der Waals surface area contributed by atoms with Crippen molar-refractivity contribution in [2.24, 2.45) is 0 Å². The minimum atomic E-state index is -0.0506. The smallest absolute Gasteiger partial charge is 0.252 e. The lowest BCUT2D eigenvalue weighted by molar-refractivity contribution is 0.332. The Hall–Kier alpha value is -7.36. The maximum Gasteiger partial charge on any atom is 0.252 e. The zero-order valence-electron chi connectivity index (χ0n) is 50.7. The van der Waals surface area contributed by atoms with Gasteiger partial charge in [0, 0.05) is 33.9 Å². The maximum atomic E-state index is 2.65. The Labute approximate surface area is 485 Å². The number of benzene rings is 9. The highest BCUT2D eigenvalue weighted by Crippen LogP contribution is 2.53. The fraction of sp³-hybridized carbons (Fsp3) is 0.308. The monoisotopic (exact) mass is 1060 g/mol. The van der Waals surface area contributed by atoms with Gasteiger partial charge < -0.3 is 9.80 Å². The highest BCUT2D eigenvalue weighted by atomic mass is 15.2. The van der Waals surface area contributed by atoms with Gasteiger partial charge in [-0.25, -0.2) is 0 Å². The van der Waals surface area contributed by atoms with Gasteiger partial charge in [-0.15, -0.1) is 0 Å². The summed E-state index contributed by atoms with van der Waals surface area (Å²) in [4.78, 5) is 5.29. The van der Waals surface area contributed by atoms with Gasteiger partial charge in [0.15, 0.2) is 0 Å². The van der Waals surface area contributed by atoms with Gasteiger partial charge in [-0.3, -0.25) is 0 Å². The third kappa shape index (κ3) is 8.66. The third-order valence-corrected chi connectivity index (χ3v) is 19.7. The zero-order valence-corrected chi connectivity index (χ0v) is 50.7. The minimum Gasteiger partial charge on any atom is -0.311 e. The van der Waals surface area contributed by atoms with Crippen molar-refractivity contribution in [3.05, 3.63) is 221 Å². The number of anilines is 6. The molecule has 0 amide bonds. The quantitative estimate of drug-likeness (QED) is 0.153. The van der Waals surface area contributed by atoms with Crippen LogP contribution in [0.15, 0.2) is 188 Å². The minimum absolute atomic E-state index is 0.0493. The van der Waals surface area contributed by atoms with E-state index >= 15 is 0 Å². The molecule has 0 saturated carbocycles. The van der Waals surface area contributed by atoms with Crippen LogP contribution in [0.25, 0.3) is 44.5 Å². The average molecular weight is 1060 g/mol. The molecule has 3 heteroatoms. The summed E-state index contributed by atoms with van der Waals surface area (Å²) in [6.07, 6.45) is 4.72. The second-order valence-electron chi connectivity index (χ2n) is 29.0. The van der Waals surface area contributed by atoms with E-state index in [1.54, 1.807) is 0 Å². The molecule has 2 aliphatic carbocycles. The Bertz CT molecular complexity index is 3750. The van der Waals surface area contributed by atoms with E-state index in [4.69, 9.17) is 0 Å². The lowest BCUT2D eigenvalue weighted by Crippen LogP contribution is -2.61. The van der Waals surface area contributed by atoms with E-state index in [2.05, 4.69) is 295 Å². The standard InChI is InChI=1S/C78H81BN2/c1-73(2,3)58-28-19-15-24-54(58)52-36-40-64-70(48-52)80(66-30-21-17-26-56(66)50-34-38-60-62(46-50)77(11,12)44-42-75(60,7)8)68-32-23-33-69-72(68)79(64)65-41-37-53(55-25-16-20-29-59(55)74(4,5)6)49-71(65)81(69)67-31-22-18-27-57(67)51-35-39-61-63(47-51)78(13,14)45-43-76(61,9)10/h15-41,46-49H,42-45H2,1-14H3. The molecule has 0 radical (unpaired) electrons. The SMILES string of the molecule is CC(C)(C)c1ccccc1-c1ccc2c(c1)N(c1ccccc1-c1ccc3c(c1)C(C)(C)CCC3(C)C)c1cccc3c1B2c1ccc(-c2ccccc2C(C)(C)C)cc1N3c1ccccc1-c1ccc2c(c1)C(C)(C)CCC2(C)C. The first-order valence-corrected chi connectivity index (χ1v) is 30.1. The summed E-state index contributed by atoms with van der Waals surface area (Å²) in [5, 5.41) is 0. The summed E-state index contributed by atoms with van der Waals surface area (Å²) >= 11 is 0. The summed E-state index contributed by atoms with van der Waals surface area (Å²) in [7, 11) is 0. The van der Waals surface area contributed by atoms with Gasteiger partial charge in [0.25, 0.3) is 6.71 Å². The molecule has 13 rings (SSSR count). The number of para-hydroxylation sites is 2. The fourth-order valence-corrected chi connectivity index (χ4v) is 14.9. The number of hydrogen-bond acceptors (Lipinski definition) is 2. The highest BCUT2D eigenvalue weighted by Gasteiger charge is 2.45. The number of fused-ring (bicyclic) bond motifs is 6. The van der Waals surface area contributed by atoms with Gasteiger partial charge in [-0.05, 0) is 178 Å². The molecule has 0 N–H and O–H groups in total.